The summed E-state index contributed by atoms with van der Waals surface area (Å²) in [6.45, 7) is 0.338. The van der Waals surface area contributed by atoms with Crippen LogP contribution in [0.3, 0.4) is 0 Å². The second kappa shape index (κ2) is 7.43. The van der Waals surface area contributed by atoms with E-state index in [2.05, 4.69) is 10.4 Å². The van der Waals surface area contributed by atoms with Crippen molar-refractivity contribution in [2.75, 3.05) is 6.54 Å². The van der Waals surface area contributed by atoms with Crippen LogP contribution in [0.4, 0.5) is 13.2 Å². The summed E-state index contributed by atoms with van der Waals surface area (Å²) in [6, 6.07) is 13.7. The summed E-state index contributed by atoms with van der Waals surface area (Å²) < 4.78 is 39.2. The standard InChI is InChI=1S/C19H16F3N3O/c20-19(21,22)16-6-2-14(3-7-16)10-12-23-18(26)15-4-8-17(9-5-15)25-13-1-11-24-25/h1-9,11,13H,10,12H2,(H,23,26). The van der Waals surface area contributed by atoms with Gasteiger partial charge in [0, 0.05) is 24.5 Å². The number of rotatable bonds is 5. The minimum Gasteiger partial charge on any atom is -0.352 e. The molecule has 3 aromatic rings. The molecule has 7 heteroatoms. The molecule has 0 saturated carbocycles. The van der Waals surface area contributed by atoms with Crippen molar-refractivity contribution < 1.29 is 18.0 Å². The molecule has 0 aliphatic heterocycles. The van der Waals surface area contributed by atoms with Crippen LogP contribution < -0.4 is 5.32 Å². The number of nitrogens with one attached hydrogen (secondary N) is 1. The van der Waals surface area contributed by atoms with E-state index in [1.165, 1.54) is 12.1 Å². The highest BCUT2D eigenvalue weighted by Gasteiger charge is 2.29. The molecule has 1 aromatic heterocycles. The van der Waals surface area contributed by atoms with Gasteiger partial charge in [0.1, 0.15) is 0 Å². The molecule has 1 heterocycles. The monoisotopic (exact) mass is 359 g/mol. The van der Waals surface area contributed by atoms with Gasteiger partial charge in [0.15, 0.2) is 0 Å². The van der Waals surface area contributed by atoms with Gasteiger partial charge in [-0.25, -0.2) is 4.68 Å². The smallest absolute Gasteiger partial charge is 0.352 e. The lowest BCUT2D eigenvalue weighted by atomic mass is 10.1. The molecule has 4 nitrogen and oxygen atoms in total. The zero-order valence-corrected chi connectivity index (χ0v) is 13.7. The van der Waals surface area contributed by atoms with E-state index in [0.29, 0.717) is 18.5 Å². The van der Waals surface area contributed by atoms with Crippen molar-refractivity contribution >= 4 is 5.91 Å². The minimum absolute atomic E-state index is 0.232. The van der Waals surface area contributed by atoms with E-state index in [9.17, 15) is 18.0 Å². The predicted molar refractivity (Wildman–Crippen MR) is 91.0 cm³/mol. The van der Waals surface area contributed by atoms with Gasteiger partial charge in [-0.15, -0.1) is 0 Å². The first-order valence-electron chi connectivity index (χ1n) is 7.98. The third kappa shape index (κ3) is 4.30. The number of amides is 1. The quantitative estimate of drug-likeness (QED) is 0.752. The second-order valence-corrected chi connectivity index (χ2v) is 5.70. The molecule has 2 aromatic carbocycles. The van der Waals surface area contributed by atoms with Gasteiger partial charge in [-0.3, -0.25) is 4.79 Å². The van der Waals surface area contributed by atoms with Crippen molar-refractivity contribution in [2.45, 2.75) is 12.6 Å². The number of halogens is 3. The molecule has 3 rings (SSSR count). The lowest BCUT2D eigenvalue weighted by Crippen LogP contribution is -2.25. The van der Waals surface area contributed by atoms with E-state index in [4.69, 9.17) is 0 Å². The van der Waals surface area contributed by atoms with Crippen LogP contribution in [-0.2, 0) is 12.6 Å². The maximum atomic E-state index is 12.5. The first kappa shape index (κ1) is 17.7. The Kier molecular flexibility index (Phi) is 5.06. The van der Waals surface area contributed by atoms with Gasteiger partial charge < -0.3 is 5.32 Å². The largest absolute Gasteiger partial charge is 0.416 e. The van der Waals surface area contributed by atoms with E-state index in [0.717, 1.165) is 23.4 Å². The van der Waals surface area contributed by atoms with Crippen LogP contribution >= 0.6 is 0 Å². The Hall–Kier alpha value is -3.09. The summed E-state index contributed by atoms with van der Waals surface area (Å²) >= 11 is 0. The summed E-state index contributed by atoms with van der Waals surface area (Å²) in [5.74, 6) is -0.232. The molecule has 0 radical (unpaired) electrons. The molecular formula is C19H16F3N3O. The highest BCUT2D eigenvalue weighted by atomic mass is 19.4. The first-order valence-corrected chi connectivity index (χ1v) is 7.98. The van der Waals surface area contributed by atoms with Crippen molar-refractivity contribution in [3.63, 3.8) is 0 Å². The maximum Gasteiger partial charge on any atom is 0.416 e. The third-order valence-corrected chi connectivity index (χ3v) is 3.88. The average molecular weight is 359 g/mol. The number of hydrogen-bond acceptors (Lipinski definition) is 2. The topological polar surface area (TPSA) is 46.9 Å². The summed E-state index contributed by atoms with van der Waals surface area (Å²) in [5.41, 5.74) is 1.40. The summed E-state index contributed by atoms with van der Waals surface area (Å²) in [4.78, 5) is 12.1. The highest BCUT2D eigenvalue weighted by Crippen LogP contribution is 2.29. The zero-order valence-electron chi connectivity index (χ0n) is 13.7. The molecule has 134 valence electrons. The number of carbonyl (C=O) groups is 1. The molecule has 0 spiro atoms. The normalized spacial score (nSPS) is 11.3. The summed E-state index contributed by atoms with van der Waals surface area (Å²) in [6.07, 6.45) is -0.411. The third-order valence-electron chi connectivity index (χ3n) is 3.88. The van der Waals surface area contributed by atoms with Crippen molar-refractivity contribution in [2.24, 2.45) is 0 Å². The Morgan fingerprint density at radius 1 is 1.04 bits per heavy atom. The number of benzene rings is 2. The molecule has 0 aliphatic rings. The molecule has 0 saturated heterocycles. The van der Waals surface area contributed by atoms with Gasteiger partial charge >= 0.3 is 6.18 Å². The first-order chi connectivity index (χ1) is 12.4. The van der Waals surface area contributed by atoms with Crippen LogP contribution in [0.1, 0.15) is 21.5 Å². The van der Waals surface area contributed by atoms with Gasteiger partial charge in [0.05, 0.1) is 11.3 Å². The van der Waals surface area contributed by atoms with Crippen LogP contribution in [0.5, 0.6) is 0 Å². The summed E-state index contributed by atoms with van der Waals surface area (Å²) in [7, 11) is 0. The van der Waals surface area contributed by atoms with Crippen LogP contribution in [0.25, 0.3) is 5.69 Å². The average Bonchev–Trinajstić information content (AvgIpc) is 3.16. The Morgan fingerprint density at radius 2 is 1.73 bits per heavy atom. The van der Waals surface area contributed by atoms with E-state index in [1.807, 2.05) is 6.07 Å². The van der Waals surface area contributed by atoms with Gasteiger partial charge in [0.2, 0.25) is 0 Å². The van der Waals surface area contributed by atoms with Crippen LogP contribution in [0, 0.1) is 0 Å². The Bertz CT molecular complexity index is 855. The minimum atomic E-state index is -4.34. The molecule has 0 aliphatic carbocycles. The molecular weight excluding hydrogens is 343 g/mol. The van der Waals surface area contributed by atoms with Crippen molar-refractivity contribution in [3.8, 4) is 5.69 Å². The molecule has 26 heavy (non-hydrogen) atoms. The number of alkyl halides is 3. The van der Waals surface area contributed by atoms with Gasteiger partial charge in [-0.2, -0.15) is 18.3 Å². The molecule has 0 fully saturated rings. The van der Waals surface area contributed by atoms with Crippen molar-refractivity contribution in [1.82, 2.24) is 15.1 Å². The maximum absolute atomic E-state index is 12.5. The SMILES string of the molecule is O=C(NCCc1ccc(C(F)(F)F)cc1)c1ccc(-n2cccn2)cc1. The second-order valence-electron chi connectivity index (χ2n) is 5.70. The van der Waals surface area contributed by atoms with Crippen molar-refractivity contribution in [1.29, 1.82) is 0 Å². The van der Waals surface area contributed by atoms with E-state index >= 15 is 0 Å². The predicted octanol–water partition coefficient (Wildman–Crippen LogP) is 3.86. The van der Waals surface area contributed by atoms with Gasteiger partial charge in [0.25, 0.3) is 5.91 Å². The molecule has 0 bridgehead atoms. The number of aromatic nitrogens is 2. The van der Waals surface area contributed by atoms with Crippen LogP contribution in [-0.4, -0.2) is 22.2 Å². The number of nitrogens with zero attached hydrogens (tertiary/aromatic N) is 2. The number of hydrogen-bond donors (Lipinski definition) is 1. The highest BCUT2D eigenvalue weighted by molar-refractivity contribution is 5.94. The van der Waals surface area contributed by atoms with Gasteiger partial charge in [-0.1, -0.05) is 12.1 Å². The van der Waals surface area contributed by atoms with E-state index in [-0.39, 0.29) is 5.91 Å². The van der Waals surface area contributed by atoms with Crippen molar-refractivity contribution in [3.05, 3.63) is 83.7 Å². The lowest BCUT2D eigenvalue weighted by Gasteiger charge is -2.09. The summed E-state index contributed by atoms with van der Waals surface area (Å²) in [5, 5.41) is 6.87. The van der Waals surface area contributed by atoms with Crippen LogP contribution in [0.15, 0.2) is 67.0 Å². The fourth-order valence-corrected chi connectivity index (χ4v) is 2.47. The molecule has 1 amide bonds. The lowest BCUT2D eigenvalue weighted by molar-refractivity contribution is -0.137. The molecule has 0 unspecified atom stereocenters. The molecule has 0 atom stereocenters. The molecule has 1 N–H and O–H groups in total. The number of carbonyl (C=O) groups excluding carboxylic acids is 1. The Morgan fingerprint density at radius 3 is 2.31 bits per heavy atom. The zero-order chi connectivity index (χ0) is 18.6. The fourth-order valence-electron chi connectivity index (χ4n) is 2.47. The Labute approximate surface area is 148 Å². The van der Waals surface area contributed by atoms with Gasteiger partial charge in [-0.05, 0) is 54.4 Å². The Balaban J connectivity index is 1.52. The van der Waals surface area contributed by atoms with E-state index in [1.54, 1.807) is 41.3 Å². The van der Waals surface area contributed by atoms with E-state index < -0.39 is 11.7 Å². The van der Waals surface area contributed by atoms with Crippen LogP contribution in [0.2, 0.25) is 0 Å². The fraction of sp³-hybridized carbons (Fsp3) is 0.158.